The molecule has 0 aliphatic carbocycles. The molecule has 19 heavy (non-hydrogen) atoms. The fourth-order valence-corrected chi connectivity index (χ4v) is 1.97. The number of hydrogen-bond donors (Lipinski definition) is 1. The lowest BCUT2D eigenvalue weighted by molar-refractivity contribution is -0.141. The Labute approximate surface area is 114 Å². The first-order valence-corrected chi connectivity index (χ1v) is 6.56. The molecule has 5 nitrogen and oxygen atoms in total. The number of hydrogen-bond acceptors (Lipinski definition) is 4. The number of aliphatic hydroxyl groups is 1. The topological polar surface area (TPSA) is 59.0 Å². The predicted octanol–water partition coefficient (Wildman–Crippen LogP) is 0.601. The van der Waals surface area contributed by atoms with Crippen molar-refractivity contribution < 1.29 is 19.4 Å². The zero-order valence-electron chi connectivity index (χ0n) is 11.3. The number of aliphatic hydroxyl groups excluding tert-OH is 1. The highest BCUT2D eigenvalue weighted by Gasteiger charge is 2.28. The maximum Gasteiger partial charge on any atom is 0.232 e. The summed E-state index contributed by atoms with van der Waals surface area (Å²) in [5, 5.41) is 10.1. The van der Waals surface area contributed by atoms with Crippen LogP contribution in [-0.4, -0.2) is 61.5 Å². The van der Waals surface area contributed by atoms with Gasteiger partial charge in [-0.1, -0.05) is 12.2 Å². The average Bonchev–Trinajstić information content (AvgIpc) is 2.45. The van der Waals surface area contributed by atoms with Gasteiger partial charge in [0.05, 0.1) is 31.8 Å². The lowest BCUT2D eigenvalue weighted by atomic mass is 9.98. The highest BCUT2D eigenvalue weighted by Crippen LogP contribution is 2.14. The third-order valence-corrected chi connectivity index (χ3v) is 3.07. The quantitative estimate of drug-likeness (QED) is 0.518. The minimum Gasteiger partial charge on any atom is -0.392 e. The highest BCUT2D eigenvalue weighted by molar-refractivity contribution is 5.81. The Hall–Kier alpha value is -1.17. The van der Waals surface area contributed by atoms with Crippen molar-refractivity contribution in [2.45, 2.75) is 12.5 Å². The molecule has 5 heteroatoms. The molecule has 2 unspecified atom stereocenters. The first-order valence-electron chi connectivity index (χ1n) is 6.56. The fraction of sp³-hybridized carbons (Fsp3) is 0.643. The van der Waals surface area contributed by atoms with Crippen LogP contribution >= 0.6 is 0 Å². The Kier molecular flexibility index (Phi) is 7.40. The van der Waals surface area contributed by atoms with Crippen LogP contribution in [0.25, 0.3) is 0 Å². The van der Waals surface area contributed by atoms with Crippen molar-refractivity contribution in [3.63, 3.8) is 0 Å². The summed E-state index contributed by atoms with van der Waals surface area (Å²) >= 11 is 0. The number of rotatable bonds is 8. The summed E-state index contributed by atoms with van der Waals surface area (Å²) in [6.07, 6.45) is 2.80. The molecule has 108 valence electrons. The van der Waals surface area contributed by atoms with Crippen molar-refractivity contribution in [1.29, 1.82) is 0 Å². The molecule has 1 fully saturated rings. The molecule has 0 aromatic heterocycles. The molecule has 1 N–H and O–H groups in total. The second-order valence-corrected chi connectivity index (χ2v) is 4.42. The van der Waals surface area contributed by atoms with Crippen molar-refractivity contribution in [3.8, 4) is 0 Å². The number of ether oxygens (including phenoxy) is 2. The SMILES string of the molecule is C=CCOCCC(O)C(C=C)C(=O)N1CCOCC1. The third kappa shape index (κ3) is 5.14. The molecule has 1 aliphatic heterocycles. The smallest absolute Gasteiger partial charge is 0.232 e. The second-order valence-electron chi connectivity index (χ2n) is 4.42. The Balaban J connectivity index is 2.43. The van der Waals surface area contributed by atoms with Crippen LogP contribution in [-0.2, 0) is 14.3 Å². The summed E-state index contributed by atoms with van der Waals surface area (Å²) in [6, 6.07) is 0. The minimum atomic E-state index is -0.766. The van der Waals surface area contributed by atoms with E-state index in [1.165, 1.54) is 6.08 Å². The lowest BCUT2D eigenvalue weighted by Crippen LogP contribution is -2.46. The van der Waals surface area contributed by atoms with Crippen molar-refractivity contribution in [1.82, 2.24) is 4.90 Å². The van der Waals surface area contributed by atoms with Gasteiger partial charge < -0.3 is 19.5 Å². The summed E-state index contributed by atoms with van der Waals surface area (Å²) < 4.78 is 10.4. The Morgan fingerprint density at radius 3 is 2.68 bits per heavy atom. The van der Waals surface area contributed by atoms with Crippen LogP contribution < -0.4 is 0 Å². The van der Waals surface area contributed by atoms with E-state index in [2.05, 4.69) is 13.2 Å². The summed E-state index contributed by atoms with van der Waals surface area (Å²) in [7, 11) is 0. The first-order chi connectivity index (χ1) is 9.20. The van der Waals surface area contributed by atoms with E-state index in [0.717, 1.165) is 0 Å². The molecule has 0 aromatic carbocycles. The van der Waals surface area contributed by atoms with Crippen molar-refractivity contribution in [2.75, 3.05) is 39.5 Å². The van der Waals surface area contributed by atoms with Gasteiger partial charge in [0.1, 0.15) is 0 Å². The van der Waals surface area contributed by atoms with E-state index in [9.17, 15) is 9.90 Å². The predicted molar refractivity (Wildman–Crippen MR) is 72.7 cm³/mol. The van der Waals surface area contributed by atoms with E-state index in [1.54, 1.807) is 11.0 Å². The Bertz CT molecular complexity index is 300. The first kappa shape index (κ1) is 15.9. The van der Waals surface area contributed by atoms with Crippen LogP contribution in [0.3, 0.4) is 0 Å². The van der Waals surface area contributed by atoms with E-state index >= 15 is 0 Å². The fourth-order valence-electron chi connectivity index (χ4n) is 1.97. The van der Waals surface area contributed by atoms with E-state index in [1.807, 2.05) is 0 Å². The number of amides is 1. The summed E-state index contributed by atoms with van der Waals surface area (Å²) in [5.74, 6) is -0.667. The molecule has 1 saturated heterocycles. The molecule has 1 heterocycles. The monoisotopic (exact) mass is 269 g/mol. The van der Waals surface area contributed by atoms with Crippen LogP contribution in [0.1, 0.15) is 6.42 Å². The standard InChI is InChI=1S/C14H23NO4/c1-3-8-18-9-5-13(16)12(4-2)14(17)15-6-10-19-11-7-15/h3-4,12-13,16H,1-2,5-11H2. The maximum absolute atomic E-state index is 12.2. The minimum absolute atomic E-state index is 0.0884. The van der Waals surface area contributed by atoms with Gasteiger partial charge in [-0.15, -0.1) is 13.2 Å². The summed E-state index contributed by atoms with van der Waals surface area (Å²) in [5.41, 5.74) is 0. The molecule has 0 aromatic rings. The molecule has 0 radical (unpaired) electrons. The largest absolute Gasteiger partial charge is 0.392 e. The van der Waals surface area contributed by atoms with Gasteiger partial charge in [0, 0.05) is 19.7 Å². The van der Waals surface area contributed by atoms with Gasteiger partial charge in [-0.25, -0.2) is 0 Å². The third-order valence-electron chi connectivity index (χ3n) is 3.07. The molecule has 1 amide bonds. The number of nitrogens with zero attached hydrogens (tertiary/aromatic N) is 1. The normalized spacial score (nSPS) is 18.7. The zero-order valence-corrected chi connectivity index (χ0v) is 11.3. The van der Waals surface area contributed by atoms with E-state index in [0.29, 0.717) is 45.9 Å². The van der Waals surface area contributed by atoms with Crippen LogP contribution in [0.2, 0.25) is 0 Å². The Morgan fingerprint density at radius 1 is 1.42 bits per heavy atom. The molecule has 0 bridgehead atoms. The second kappa shape index (κ2) is 8.85. The molecule has 1 rings (SSSR count). The summed E-state index contributed by atoms with van der Waals surface area (Å²) in [6.45, 7) is 10.3. The van der Waals surface area contributed by atoms with Gasteiger partial charge in [0.2, 0.25) is 5.91 Å². The number of carbonyl (C=O) groups is 1. The zero-order chi connectivity index (χ0) is 14.1. The van der Waals surface area contributed by atoms with E-state index in [4.69, 9.17) is 9.47 Å². The van der Waals surface area contributed by atoms with Crippen LogP contribution in [0.4, 0.5) is 0 Å². The lowest BCUT2D eigenvalue weighted by Gasteiger charge is -2.31. The van der Waals surface area contributed by atoms with Gasteiger partial charge in [-0.3, -0.25) is 4.79 Å². The van der Waals surface area contributed by atoms with Gasteiger partial charge in [0.15, 0.2) is 0 Å². The van der Waals surface area contributed by atoms with Gasteiger partial charge in [-0.05, 0) is 6.42 Å². The molecule has 1 aliphatic rings. The molecule has 0 spiro atoms. The van der Waals surface area contributed by atoms with Crippen LogP contribution in [0.5, 0.6) is 0 Å². The molecular formula is C14H23NO4. The van der Waals surface area contributed by atoms with E-state index < -0.39 is 12.0 Å². The molecule has 0 saturated carbocycles. The van der Waals surface area contributed by atoms with Gasteiger partial charge >= 0.3 is 0 Å². The molecule has 2 atom stereocenters. The summed E-state index contributed by atoms with van der Waals surface area (Å²) in [4.78, 5) is 14.0. The van der Waals surface area contributed by atoms with Crippen molar-refractivity contribution >= 4 is 5.91 Å². The van der Waals surface area contributed by atoms with Gasteiger partial charge in [-0.2, -0.15) is 0 Å². The average molecular weight is 269 g/mol. The van der Waals surface area contributed by atoms with Crippen LogP contribution in [0, 0.1) is 5.92 Å². The van der Waals surface area contributed by atoms with Gasteiger partial charge in [0.25, 0.3) is 0 Å². The Morgan fingerprint density at radius 2 is 2.11 bits per heavy atom. The number of carbonyl (C=O) groups excluding carboxylic acids is 1. The van der Waals surface area contributed by atoms with Crippen LogP contribution in [0.15, 0.2) is 25.3 Å². The highest BCUT2D eigenvalue weighted by atomic mass is 16.5. The van der Waals surface area contributed by atoms with Crippen molar-refractivity contribution in [3.05, 3.63) is 25.3 Å². The molecular weight excluding hydrogens is 246 g/mol. The number of morpholine rings is 1. The van der Waals surface area contributed by atoms with E-state index in [-0.39, 0.29) is 5.91 Å². The maximum atomic E-state index is 12.2. The van der Waals surface area contributed by atoms with Crippen molar-refractivity contribution in [2.24, 2.45) is 5.92 Å².